The first-order valence-corrected chi connectivity index (χ1v) is 8.59. The predicted molar refractivity (Wildman–Crippen MR) is 104 cm³/mol. The number of rotatable bonds is 6. The zero-order valence-electron chi connectivity index (χ0n) is 14.3. The maximum atomic E-state index is 6.00. The van der Waals surface area contributed by atoms with Crippen LogP contribution in [0, 0.1) is 11.7 Å². The van der Waals surface area contributed by atoms with Crippen LogP contribution in [0.5, 0.6) is 11.5 Å². The van der Waals surface area contributed by atoms with Gasteiger partial charge in [0.2, 0.25) is 4.77 Å². The van der Waals surface area contributed by atoms with Crippen LogP contribution >= 0.6 is 23.8 Å². The Morgan fingerprint density at radius 1 is 1.27 bits per heavy atom. The molecule has 0 spiro atoms. The number of aryl methyl sites for hydroxylation is 1. The minimum Gasteiger partial charge on any atom is -0.493 e. The number of ether oxygens (including phenoxy) is 2. The van der Waals surface area contributed by atoms with Gasteiger partial charge in [0.05, 0.1) is 13.3 Å². The first-order valence-electron chi connectivity index (χ1n) is 7.81. The quantitative estimate of drug-likeness (QED) is 0.503. The predicted octanol–water partition coefficient (Wildman–Crippen LogP) is 4.37. The minimum atomic E-state index is 0.378. The summed E-state index contributed by atoms with van der Waals surface area (Å²) >= 11 is 11.1. The number of benzene rings is 2. The maximum absolute atomic E-state index is 6.00. The molecule has 0 aliphatic rings. The standard InChI is InChI=1S/C18H17ClN4O2S/c1-12-21-22-18(26)23(12)20-10-14-4-3-5-16(24-2)17(14)25-11-13-6-8-15(19)9-7-13/h3-10H,11H2,1-2H3,(H,22,26)/b20-10-. The number of aromatic amines is 1. The smallest absolute Gasteiger partial charge is 0.216 e. The molecule has 1 N–H and O–H groups in total. The van der Waals surface area contributed by atoms with Gasteiger partial charge in [-0.15, -0.1) is 0 Å². The average molecular weight is 389 g/mol. The maximum Gasteiger partial charge on any atom is 0.216 e. The summed E-state index contributed by atoms with van der Waals surface area (Å²) in [6.45, 7) is 2.19. The van der Waals surface area contributed by atoms with Crippen molar-refractivity contribution in [1.82, 2.24) is 14.9 Å². The van der Waals surface area contributed by atoms with E-state index in [1.54, 1.807) is 13.3 Å². The van der Waals surface area contributed by atoms with Crippen molar-refractivity contribution < 1.29 is 9.47 Å². The van der Waals surface area contributed by atoms with Gasteiger partial charge in [-0.2, -0.15) is 14.9 Å². The van der Waals surface area contributed by atoms with Crippen LogP contribution in [0.3, 0.4) is 0 Å². The Morgan fingerprint density at radius 2 is 2.04 bits per heavy atom. The Labute approximate surface area is 161 Å². The molecule has 0 saturated heterocycles. The number of aromatic nitrogens is 3. The number of nitrogens with one attached hydrogen (secondary N) is 1. The van der Waals surface area contributed by atoms with Gasteiger partial charge in [0, 0.05) is 10.6 Å². The van der Waals surface area contributed by atoms with Gasteiger partial charge in [0.25, 0.3) is 0 Å². The zero-order valence-corrected chi connectivity index (χ0v) is 15.8. The van der Waals surface area contributed by atoms with Crippen molar-refractivity contribution in [3.05, 3.63) is 69.2 Å². The SMILES string of the molecule is COc1cccc(/C=N\n2c(C)n[nH]c2=S)c1OCc1ccc(Cl)cc1. The highest BCUT2D eigenvalue weighted by Gasteiger charge is 2.10. The Morgan fingerprint density at radius 3 is 2.69 bits per heavy atom. The molecule has 0 unspecified atom stereocenters. The number of nitrogens with zero attached hydrogens (tertiary/aromatic N) is 3. The van der Waals surface area contributed by atoms with Crippen LogP contribution < -0.4 is 9.47 Å². The second-order valence-corrected chi connectivity index (χ2v) is 6.25. The fraction of sp³-hybridized carbons (Fsp3) is 0.167. The van der Waals surface area contributed by atoms with Crippen molar-refractivity contribution in [2.24, 2.45) is 5.10 Å². The Kier molecular flexibility index (Phi) is 5.70. The van der Waals surface area contributed by atoms with Crippen LogP contribution in [0.25, 0.3) is 0 Å². The summed E-state index contributed by atoms with van der Waals surface area (Å²) in [5.74, 6) is 1.88. The van der Waals surface area contributed by atoms with Gasteiger partial charge in [-0.25, -0.2) is 0 Å². The van der Waals surface area contributed by atoms with Crippen molar-refractivity contribution in [2.45, 2.75) is 13.5 Å². The molecule has 6 nitrogen and oxygen atoms in total. The van der Waals surface area contributed by atoms with Crippen LogP contribution in [0.15, 0.2) is 47.6 Å². The molecule has 0 fully saturated rings. The summed E-state index contributed by atoms with van der Waals surface area (Å²) in [6.07, 6.45) is 1.66. The van der Waals surface area contributed by atoms with E-state index in [9.17, 15) is 0 Å². The van der Waals surface area contributed by atoms with E-state index in [4.69, 9.17) is 33.3 Å². The van der Waals surface area contributed by atoms with E-state index in [2.05, 4.69) is 15.3 Å². The number of para-hydroxylation sites is 1. The molecule has 134 valence electrons. The van der Waals surface area contributed by atoms with Gasteiger partial charge in [0.1, 0.15) is 12.4 Å². The molecule has 2 aromatic carbocycles. The lowest BCUT2D eigenvalue weighted by atomic mass is 10.2. The van der Waals surface area contributed by atoms with Gasteiger partial charge in [-0.05, 0) is 49.0 Å². The van der Waals surface area contributed by atoms with E-state index in [1.165, 1.54) is 4.68 Å². The summed E-state index contributed by atoms with van der Waals surface area (Å²) < 4.78 is 13.4. The van der Waals surface area contributed by atoms with Gasteiger partial charge in [-0.3, -0.25) is 5.10 Å². The van der Waals surface area contributed by atoms with Crippen molar-refractivity contribution in [1.29, 1.82) is 0 Å². The third kappa shape index (κ3) is 4.12. The molecule has 1 aromatic heterocycles. The molecule has 0 bridgehead atoms. The minimum absolute atomic E-state index is 0.378. The lowest BCUT2D eigenvalue weighted by Gasteiger charge is -2.13. The zero-order chi connectivity index (χ0) is 18.5. The molecule has 0 atom stereocenters. The molecule has 0 saturated carbocycles. The summed E-state index contributed by atoms with van der Waals surface area (Å²) in [7, 11) is 1.60. The van der Waals surface area contributed by atoms with E-state index in [0.29, 0.717) is 33.7 Å². The van der Waals surface area contributed by atoms with E-state index < -0.39 is 0 Å². The summed E-state index contributed by atoms with van der Waals surface area (Å²) in [5, 5.41) is 11.8. The van der Waals surface area contributed by atoms with Crippen LogP contribution in [0.1, 0.15) is 17.0 Å². The molecular formula is C18H17ClN4O2S. The Balaban J connectivity index is 1.88. The Hall–Kier alpha value is -2.64. The molecule has 0 aliphatic carbocycles. The average Bonchev–Trinajstić information content (AvgIpc) is 2.97. The molecule has 8 heteroatoms. The number of halogens is 1. The number of methoxy groups -OCH3 is 1. The van der Waals surface area contributed by atoms with Crippen LogP contribution in [0.2, 0.25) is 5.02 Å². The summed E-state index contributed by atoms with van der Waals surface area (Å²) in [5.41, 5.74) is 1.76. The van der Waals surface area contributed by atoms with Gasteiger partial charge < -0.3 is 9.47 Å². The van der Waals surface area contributed by atoms with Gasteiger partial charge in [0.15, 0.2) is 11.5 Å². The van der Waals surface area contributed by atoms with E-state index in [0.717, 1.165) is 11.1 Å². The largest absolute Gasteiger partial charge is 0.493 e. The topological polar surface area (TPSA) is 64.4 Å². The van der Waals surface area contributed by atoms with E-state index in [-0.39, 0.29) is 0 Å². The lowest BCUT2D eigenvalue weighted by molar-refractivity contribution is 0.284. The lowest BCUT2D eigenvalue weighted by Crippen LogP contribution is -2.02. The summed E-state index contributed by atoms with van der Waals surface area (Å²) in [4.78, 5) is 0. The molecular weight excluding hydrogens is 372 g/mol. The third-order valence-electron chi connectivity index (χ3n) is 3.65. The van der Waals surface area contributed by atoms with Crippen LogP contribution in [0.4, 0.5) is 0 Å². The van der Waals surface area contributed by atoms with Crippen LogP contribution in [-0.4, -0.2) is 28.2 Å². The molecule has 0 radical (unpaired) electrons. The highest BCUT2D eigenvalue weighted by atomic mass is 35.5. The second kappa shape index (κ2) is 8.16. The fourth-order valence-electron chi connectivity index (χ4n) is 2.31. The number of hydrogen-bond donors (Lipinski definition) is 1. The fourth-order valence-corrected chi connectivity index (χ4v) is 2.66. The number of H-pyrrole nitrogens is 1. The molecule has 26 heavy (non-hydrogen) atoms. The van der Waals surface area contributed by atoms with Crippen molar-refractivity contribution >= 4 is 30.0 Å². The molecule has 3 rings (SSSR count). The monoisotopic (exact) mass is 388 g/mol. The highest BCUT2D eigenvalue weighted by Crippen LogP contribution is 2.31. The molecule has 1 heterocycles. The van der Waals surface area contributed by atoms with Crippen molar-refractivity contribution in [3.63, 3.8) is 0 Å². The number of hydrogen-bond acceptors (Lipinski definition) is 5. The Bertz CT molecular complexity index is 980. The second-order valence-electron chi connectivity index (χ2n) is 5.43. The van der Waals surface area contributed by atoms with Crippen LogP contribution in [-0.2, 0) is 6.61 Å². The van der Waals surface area contributed by atoms with E-state index >= 15 is 0 Å². The van der Waals surface area contributed by atoms with Gasteiger partial charge >= 0.3 is 0 Å². The molecule has 3 aromatic rings. The van der Waals surface area contributed by atoms with Gasteiger partial charge in [-0.1, -0.05) is 29.8 Å². The first kappa shape index (κ1) is 18.2. The molecule has 0 aliphatic heterocycles. The van der Waals surface area contributed by atoms with E-state index in [1.807, 2.05) is 49.4 Å². The normalized spacial score (nSPS) is 11.0. The third-order valence-corrected chi connectivity index (χ3v) is 4.17. The first-order chi connectivity index (χ1) is 12.6. The van der Waals surface area contributed by atoms with Crippen molar-refractivity contribution in [2.75, 3.05) is 7.11 Å². The summed E-state index contributed by atoms with van der Waals surface area (Å²) in [6, 6.07) is 13.1. The highest BCUT2D eigenvalue weighted by molar-refractivity contribution is 7.71. The molecule has 0 amide bonds. The van der Waals surface area contributed by atoms with Crippen molar-refractivity contribution in [3.8, 4) is 11.5 Å².